The fourth-order valence-electron chi connectivity index (χ4n) is 9.46. The Bertz CT molecular complexity index is 1160. The monoisotopic (exact) mass is 472 g/mol. The highest BCUT2D eigenvalue weighted by molar-refractivity contribution is 6.01. The molecule has 3 aliphatic carbocycles. The van der Waals surface area contributed by atoms with Crippen molar-refractivity contribution in [2.75, 3.05) is 39.0 Å². The summed E-state index contributed by atoms with van der Waals surface area (Å²) in [4.78, 5) is 28.5. The van der Waals surface area contributed by atoms with Crippen molar-refractivity contribution >= 4 is 17.7 Å². The Morgan fingerprint density at radius 2 is 1.97 bits per heavy atom. The van der Waals surface area contributed by atoms with E-state index in [1.54, 1.807) is 6.07 Å². The van der Waals surface area contributed by atoms with E-state index in [9.17, 15) is 19.9 Å². The number of hydroxylamine groups is 3. The van der Waals surface area contributed by atoms with Crippen LogP contribution in [0.3, 0.4) is 0 Å². The Kier molecular flexibility index (Phi) is 3.65. The second-order valence-corrected chi connectivity index (χ2v) is 10.9. The van der Waals surface area contributed by atoms with Gasteiger partial charge in [-0.3, -0.25) is 4.90 Å². The number of aliphatic hydroxyl groups is 1. The highest BCUT2D eigenvalue weighted by atomic mass is 16.7. The van der Waals surface area contributed by atoms with Gasteiger partial charge in [-0.2, -0.15) is 0 Å². The van der Waals surface area contributed by atoms with Crippen LogP contribution in [0.5, 0.6) is 11.5 Å². The molecule has 182 valence electrons. The molecule has 8 rings (SSSR count). The predicted octanol–water partition coefficient (Wildman–Crippen LogP) is 1.95. The number of methoxy groups -OCH3 is 2. The van der Waals surface area contributed by atoms with Gasteiger partial charge in [-0.1, -0.05) is 6.07 Å². The fourth-order valence-corrected chi connectivity index (χ4v) is 9.46. The van der Waals surface area contributed by atoms with Crippen molar-refractivity contribution in [1.82, 2.24) is 0 Å². The summed E-state index contributed by atoms with van der Waals surface area (Å²) in [6.45, 7) is 0.865. The van der Waals surface area contributed by atoms with Gasteiger partial charge >= 0.3 is 12.1 Å². The van der Waals surface area contributed by atoms with E-state index in [1.807, 2.05) is 6.07 Å². The summed E-state index contributed by atoms with van der Waals surface area (Å²) in [6.07, 6.45) is 2.33. The van der Waals surface area contributed by atoms with Crippen LogP contribution in [0.25, 0.3) is 0 Å². The molecule has 4 heterocycles. The van der Waals surface area contributed by atoms with Gasteiger partial charge in [-0.25, -0.2) is 9.59 Å². The molecule has 0 radical (unpaired) electrons. The summed E-state index contributed by atoms with van der Waals surface area (Å²) in [6, 6.07) is 3.31. The molecule has 5 fully saturated rings. The number of anilines is 1. The molecule has 3 spiro atoms. The van der Waals surface area contributed by atoms with Crippen LogP contribution in [0.4, 0.5) is 10.5 Å². The molecule has 0 unspecified atom stereocenters. The number of amides is 1. The van der Waals surface area contributed by atoms with Gasteiger partial charge in [0.2, 0.25) is 6.79 Å². The van der Waals surface area contributed by atoms with Crippen LogP contribution in [0, 0.1) is 10.6 Å². The molecule has 2 bridgehead atoms. The second-order valence-electron chi connectivity index (χ2n) is 10.9. The van der Waals surface area contributed by atoms with E-state index in [0.717, 1.165) is 18.4 Å². The molecule has 7 aliphatic rings. The van der Waals surface area contributed by atoms with Gasteiger partial charge in [0, 0.05) is 18.3 Å². The third kappa shape index (κ3) is 1.82. The number of ether oxygens (including phenoxy) is 4. The van der Waals surface area contributed by atoms with Crippen molar-refractivity contribution in [2.24, 2.45) is 5.41 Å². The first-order chi connectivity index (χ1) is 16.2. The summed E-state index contributed by atoms with van der Waals surface area (Å²) >= 11 is 0. The number of hydrogen-bond acceptors (Lipinski definition) is 8. The number of nitrogens with zero attached hydrogens (tertiary/aromatic N) is 2. The predicted molar refractivity (Wildman–Crippen MR) is 116 cm³/mol. The lowest BCUT2D eigenvalue weighted by Gasteiger charge is -2.72. The molecule has 3 saturated carbocycles. The molecule has 4 aliphatic heterocycles. The van der Waals surface area contributed by atoms with Gasteiger partial charge in [0.15, 0.2) is 17.1 Å². The lowest BCUT2D eigenvalue weighted by molar-refractivity contribution is -0.912. The Morgan fingerprint density at radius 1 is 1.15 bits per heavy atom. The minimum Gasteiger partial charge on any atom is -0.633 e. The van der Waals surface area contributed by atoms with Crippen molar-refractivity contribution in [3.8, 4) is 11.5 Å². The normalized spacial score (nSPS) is 44.4. The van der Waals surface area contributed by atoms with Crippen molar-refractivity contribution < 1.29 is 38.3 Å². The molecular formula is C24H28N2O8. The maximum absolute atomic E-state index is 14.4. The highest BCUT2D eigenvalue weighted by Crippen LogP contribution is 2.79. The Balaban J connectivity index is 1.63. The van der Waals surface area contributed by atoms with Crippen LogP contribution < -0.4 is 14.4 Å². The number of rotatable bonds is 1. The largest absolute Gasteiger partial charge is 0.633 e. The number of carbonyl (C=O) groups is 2. The zero-order valence-electron chi connectivity index (χ0n) is 19.3. The molecule has 1 amide bonds. The van der Waals surface area contributed by atoms with E-state index in [1.165, 1.54) is 19.1 Å². The number of fused-ring (bicyclic) bond motifs is 5. The Morgan fingerprint density at radius 3 is 2.74 bits per heavy atom. The molecule has 2 saturated heterocycles. The van der Waals surface area contributed by atoms with Crippen molar-refractivity contribution in [3.63, 3.8) is 0 Å². The summed E-state index contributed by atoms with van der Waals surface area (Å²) in [5.41, 5.74) is -3.71. The number of quaternary nitrogens is 1. The number of piperidine rings is 1. The number of benzene rings is 1. The van der Waals surface area contributed by atoms with Crippen LogP contribution in [-0.4, -0.2) is 73.1 Å². The lowest BCUT2D eigenvalue weighted by Crippen LogP contribution is -2.87. The van der Waals surface area contributed by atoms with Crippen molar-refractivity contribution in [3.05, 3.63) is 22.9 Å². The zero-order chi connectivity index (χ0) is 23.7. The first-order valence-corrected chi connectivity index (χ1v) is 11.9. The Labute approximate surface area is 196 Å². The third-order valence-electron chi connectivity index (χ3n) is 10.1. The average Bonchev–Trinajstić information content (AvgIpc) is 3.50. The fraction of sp³-hybridized carbons (Fsp3) is 0.667. The van der Waals surface area contributed by atoms with E-state index >= 15 is 0 Å². The van der Waals surface area contributed by atoms with E-state index in [0.29, 0.717) is 49.5 Å². The van der Waals surface area contributed by atoms with E-state index < -0.39 is 34.0 Å². The van der Waals surface area contributed by atoms with Crippen LogP contribution >= 0.6 is 0 Å². The molecule has 34 heavy (non-hydrogen) atoms. The quantitative estimate of drug-likeness (QED) is 0.374. The van der Waals surface area contributed by atoms with Crippen molar-refractivity contribution in [2.45, 2.75) is 61.1 Å². The topological polar surface area (TPSA) is 118 Å². The van der Waals surface area contributed by atoms with Gasteiger partial charge in [0.25, 0.3) is 0 Å². The Hall–Kier alpha value is -2.56. The summed E-state index contributed by atoms with van der Waals surface area (Å²) < 4.78 is 21.6. The van der Waals surface area contributed by atoms with Crippen LogP contribution in [-0.2, 0) is 19.7 Å². The molecule has 1 aromatic rings. The first-order valence-electron chi connectivity index (χ1n) is 11.9. The van der Waals surface area contributed by atoms with Gasteiger partial charge in [-0.15, -0.1) is 0 Å². The van der Waals surface area contributed by atoms with Gasteiger partial charge in [-0.05, 0) is 37.3 Å². The summed E-state index contributed by atoms with van der Waals surface area (Å²) in [5.74, 6) is 0.0911. The third-order valence-corrected chi connectivity index (χ3v) is 10.1. The lowest BCUT2D eigenvalue weighted by atomic mass is 9.37. The molecule has 1 N–H and O–H groups in total. The summed E-state index contributed by atoms with van der Waals surface area (Å²) in [7, 11) is 2.53. The SMILES string of the molecule is COC(=O)N1c2c(ccc3c2OCO3)[C@@]23CC[N@@+]4([O-])CCC[C@]5(CC[C@]12[C@](O)(C(=O)OC)C5)[C@@H]34. The van der Waals surface area contributed by atoms with Gasteiger partial charge < -0.3 is 33.9 Å². The molecule has 10 heteroatoms. The minimum atomic E-state index is -2.01. The minimum absolute atomic E-state index is 0.00299. The maximum Gasteiger partial charge on any atom is 0.414 e. The highest BCUT2D eigenvalue weighted by Gasteiger charge is 2.89. The van der Waals surface area contributed by atoms with Crippen LogP contribution in [0.2, 0.25) is 0 Å². The van der Waals surface area contributed by atoms with Gasteiger partial charge in [0.05, 0.1) is 38.4 Å². The average molecular weight is 472 g/mol. The van der Waals surface area contributed by atoms with Gasteiger partial charge in [0.1, 0.15) is 11.6 Å². The van der Waals surface area contributed by atoms with E-state index in [2.05, 4.69) is 0 Å². The van der Waals surface area contributed by atoms with Crippen LogP contribution in [0.15, 0.2) is 12.1 Å². The molecule has 6 atom stereocenters. The summed E-state index contributed by atoms with van der Waals surface area (Å²) in [5, 5.41) is 26.9. The second kappa shape index (κ2) is 5.98. The standard InChI is InChI=1S/C24H28N2O8/c1-31-19(27)23(29)12-21-6-3-10-26(30)11-9-22(18(21)26)14-4-5-15-17(34-13-33-15)16(14)25(20(28)32-2)24(22,23)8-7-21/h4-5,18,29H,3,6-13H2,1-2H3/t18-,21+,22+,23+,24-,26-/m0/s1. The van der Waals surface area contributed by atoms with Crippen LogP contribution in [0.1, 0.15) is 44.1 Å². The molecule has 1 aromatic carbocycles. The van der Waals surface area contributed by atoms with Crippen molar-refractivity contribution in [1.29, 1.82) is 0 Å². The van der Waals surface area contributed by atoms with E-state index in [-0.39, 0.29) is 23.9 Å². The molecule has 0 aromatic heterocycles. The number of carbonyl (C=O) groups excluding carboxylic acids is 2. The number of esters is 1. The van der Waals surface area contributed by atoms with E-state index in [4.69, 9.17) is 18.9 Å². The molecule has 10 nitrogen and oxygen atoms in total. The first kappa shape index (κ1) is 20.8. The maximum atomic E-state index is 14.4. The number of hydrogen-bond donors (Lipinski definition) is 1. The smallest absolute Gasteiger partial charge is 0.414 e. The zero-order valence-corrected chi connectivity index (χ0v) is 19.3. The molecular weight excluding hydrogens is 444 g/mol.